The van der Waals surface area contributed by atoms with Crippen molar-refractivity contribution in [2.24, 2.45) is 17.0 Å². The minimum absolute atomic E-state index is 0.0447. The van der Waals surface area contributed by atoms with Gasteiger partial charge in [-0.15, -0.1) is 23.1 Å². The fourth-order valence-electron chi connectivity index (χ4n) is 4.12. The van der Waals surface area contributed by atoms with Gasteiger partial charge in [-0.1, -0.05) is 12.1 Å². The van der Waals surface area contributed by atoms with Gasteiger partial charge in [0.1, 0.15) is 24.4 Å². The van der Waals surface area contributed by atoms with Gasteiger partial charge in [0, 0.05) is 23.7 Å². The number of aromatic nitrogens is 1. The lowest BCUT2D eigenvalue weighted by Gasteiger charge is -2.55. The Labute approximate surface area is 185 Å². The fraction of sp³-hybridized carbons (Fsp3) is 0.500. The molecule has 4 N–H and O–H groups in total. The van der Waals surface area contributed by atoms with Gasteiger partial charge >= 0.3 is 5.97 Å². The zero-order valence-corrected chi connectivity index (χ0v) is 18.4. The van der Waals surface area contributed by atoms with Gasteiger partial charge in [0.25, 0.3) is 5.91 Å². The van der Waals surface area contributed by atoms with Crippen molar-refractivity contribution in [1.82, 2.24) is 15.2 Å². The first kappa shape index (κ1) is 21.6. The first-order valence-corrected chi connectivity index (χ1v) is 11.4. The van der Waals surface area contributed by atoms with Crippen LogP contribution in [-0.2, 0) is 24.0 Å². The number of nitrogen functional groups attached to an aromatic ring is 1. The van der Waals surface area contributed by atoms with Crippen molar-refractivity contribution in [3.8, 4) is 0 Å². The van der Waals surface area contributed by atoms with E-state index in [4.69, 9.17) is 15.3 Å². The van der Waals surface area contributed by atoms with Gasteiger partial charge in [0.15, 0.2) is 16.6 Å². The van der Waals surface area contributed by atoms with Gasteiger partial charge in [-0.25, -0.2) is 9.78 Å². The van der Waals surface area contributed by atoms with Crippen molar-refractivity contribution in [1.29, 1.82) is 0 Å². The van der Waals surface area contributed by atoms with E-state index in [-0.39, 0.29) is 28.2 Å². The van der Waals surface area contributed by atoms with Gasteiger partial charge in [0.05, 0.1) is 5.37 Å². The second-order valence-corrected chi connectivity index (χ2v) is 9.32. The Bertz CT molecular complexity index is 994. The van der Waals surface area contributed by atoms with Crippen LogP contribution in [0.2, 0.25) is 0 Å². The number of nitrogens with two attached hydrogens (primary N) is 1. The normalized spacial score (nSPS) is 30.3. The van der Waals surface area contributed by atoms with E-state index < -0.39 is 34.8 Å². The van der Waals surface area contributed by atoms with Crippen molar-refractivity contribution >= 4 is 51.7 Å². The maximum Gasteiger partial charge on any atom is 0.352 e. The maximum absolute atomic E-state index is 13.2. The summed E-state index contributed by atoms with van der Waals surface area (Å²) in [5.74, 6) is -2.68. The number of thioether (sulfide) groups is 1. The summed E-state index contributed by atoms with van der Waals surface area (Å²) in [5, 5.41) is 17.5. The monoisotopic (exact) mass is 467 g/mol. The highest BCUT2D eigenvalue weighted by Gasteiger charge is 2.65. The Morgan fingerprint density at radius 3 is 2.87 bits per heavy atom. The third-order valence-electron chi connectivity index (χ3n) is 5.62. The summed E-state index contributed by atoms with van der Waals surface area (Å²) in [4.78, 5) is 48.0. The average Bonchev–Trinajstić information content (AvgIpc) is 3.31. The summed E-state index contributed by atoms with van der Waals surface area (Å²) >= 11 is 2.58. The van der Waals surface area contributed by atoms with Crippen LogP contribution in [0.15, 0.2) is 22.3 Å². The second-order valence-electron chi connectivity index (χ2n) is 7.28. The molecule has 2 saturated heterocycles. The largest absolute Gasteiger partial charge is 0.477 e. The van der Waals surface area contributed by atoms with E-state index in [2.05, 4.69) is 15.5 Å². The smallest absolute Gasteiger partial charge is 0.352 e. The zero-order valence-electron chi connectivity index (χ0n) is 16.7. The SMILES string of the molecule is CON=C(C(=O)N[C@@]1([C@@H]2C(=O)N3C(C(=O)O)=CCS[C@H]23)OCC[C@@H]1C)c1csc(N)n1. The number of hydrogen-bond donors (Lipinski definition) is 3. The second kappa shape index (κ2) is 8.13. The van der Waals surface area contributed by atoms with Gasteiger partial charge < -0.3 is 25.7 Å². The predicted octanol–water partition coefficient (Wildman–Crippen LogP) is 0.445. The summed E-state index contributed by atoms with van der Waals surface area (Å²) in [6.07, 6.45) is 2.14. The number of nitrogens with one attached hydrogen (secondary N) is 1. The van der Waals surface area contributed by atoms with Crippen molar-refractivity contribution in [2.45, 2.75) is 24.4 Å². The standard InChI is InChI=1S/C18H21N5O6S2/c1-8-3-5-29-18(8,11-14(25)23-10(16(26)27)4-6-30-15(11)23)21-13(24)12(22-28-2)9-7-31-17(19)20-9/h4,7-8,11,15H,3,5-6H2,1-2H3,(H2,19,20)(H,21,24)(H,26,27)/t8-,11+,15+,18+/m0/s1. The molecule has 13 heteroatoms. The molecule has 166 valence electrons. The summed E-state index contributed by atoms with van der Waals surface area (Å²) in [7, 11) is 1.30. The van der Waals surface area contributed by atoms with E-state index in [1.807, 2.05) is 6.92 Å². The lowest BCUT2D eigenvalue weighted by atomic mass is 9.78. The highest BCUT2D eigenvalue weighted by molar-refractivity contribution is 8.00. The first-order valence-electron chi connectivity index (χ1n) is 9.47. The first-order chi connectivity index (χ1) is 14.8. The van der Waals surface area contributed by atoms with Crippen molar-refractivity contribution < 1.29 is 29.1 Å². The predicted molar refractivity (Wildman–Crippen MR) is 113 cm³/mol. The summed E-state index contributed by atoms with van der Waals surface area (Å²) in [6.45, 7) is 2.24. The number of rotatable bonds is 6. The number of amides is 2. The van der Waals surface area contributed by atoms with Crippen LogP contribution >= 0.6 is 23.1 Å². The molecule has 1 aromatic heterocycles. The molecule has 0 aliphatic carbocycles. The van der Waals surface area contributed by atoms with Gasteiger partial charge in [-0.05, 0) is 12.5 Å². The molecule has 0 radical (unpaired) electrons. The molecular weight excluding hydrogens is 446 g/mol. The molecule has 0 spiro atoms. The van der Waals surface area contributed by atoms with Crippen LogP contribution in [0, 0.1) is 11.8 Å². The number of fused-ring (bicyclic) bond motifs is 1. The molecule has 0 bridgehead atoms. The number of carbonyl (C=O) groups is 3. The topological polar surface area (TPSA) is 156 Å². The Morgan fingerprint density at radius 2 is 2.29 bits per heavy atom. The number of β-lactam (4-membered cyclic amide) rings is 1. The molecular formula is C18H21N5O6S2. The number of hydrogen-bond acceptors (Lipinski definition) is 10. The molecule has 2 amide bonds. The molecule has 0 unspecified atom stereocenters. The number of carboxylic acid groups (broad SMARTS) is 1. The summed E-state index contributed by atoms with van der Waals surface area (Å²) in [6, 6.07) is 0. The lowest BCUT2D eigenvalue weighted by molar-refractivity contribution is -0.180. The molecule has 1 aromatic rings. The Hall–Kier alpha value is -2.64. The number of aliphatic carboxylic acids is 1. The van der Waals surface area contributed by atoms with E-state index in [1.165, 1.54) is 29.8 Å². The maximum atomic E-state index is 13.2. The van der Waals surface area contributed by atoms with Crippen LogP contribution in [0.5, 0.6) is 0 Å². The van der Waals surface area contributed by atoms with E-state index in [0.717, 1.165) is 11.3 Å². The Morgan fingerprint density at radius 1 is 1.52 bits per heavy atom. The van der Waals surface area contributed by atoms with Gasteiger partial charge in [0.2, 0.25) is 5.91 Å². The summed E-state index contributed by atoms with van der Waals surface area (Å²) in [5.41, 5.74) is 4.48. The molecule has 0 aromatic carbocycles. The van der Waals surface area contributed by atoms with Crippen LogP contribution in [0.3, 0.4) is 0 Å². The molecule has 11 nitrogen and oxygen atoms in total. The number of thiazole rings is 1. The van der Waals surface area contributed by atoms with E-state index in [0.29, 0.717) is 18.8 Å². The Kier molecular flexibility index (Phi) is 5.66. The van der Waals surface area contributed by atoms with Crippen LogP contribution in [0.25, 0.3) is 0 Å². The third kappa shape index (κ3) is 3.46. The lowest BCUT2D eigenvalue weighted by Crippen LogP contribution is -2.74. The quantitative estimate of drug-likeness (QED) is 0.307. The van der Waals surface area contributed by atoms with E-state index in [9.17, 15) is 19.5 Å². The highest BCUT2D eigenvalue weighted by Crippen LogP contribution is 2.51. The number of oxime groups is 1. The van der Waals surface area contributed by atoms with E-state index in [1.54, 1.807) is 5.38 Å². The van der Waals surface area contributed by atoms with Crippen LogP contribution in [0.4, 0.5) is 5.13 Å². The van der Waals surface area contributed by atoms with Crippen LogP contribution < -0.4 is 11.1 Å². The average molecular weight is 468 g/mol. The van der Waals surface area contributed by atoms with Gasteiger partial charge in [-0.2, -0.15) is 0 Å². The molecule has 2 fully saturated rings. The van der Waals surface area contributed by atoms with Gasteiger partial charge in [-0.3, -0.25) is 14.5 Å². The van der Waals surface area contributed by atoms with Crippen LogP contribution in [-0.4, -0.2) is 69.1 Å². The number of nitrogens with zero attached hydrogens (tertiary/aromatic N) is 3. The molecule has 3 aliphatic heterocycles. The number of carbonyl (C=O) groups excluding carboxylic acids is 2. The molecule has 4 heterocycles. The molecule has 3 aliphatic rings. The third-order valence-corrected chi connectivity index (χ3v) is 7.48. The van der Waals surface area contributed by atoms with E-state index >= 15 is 0 Å². The number of anilines is 1. The van der Waals surface area contributed by atoms with Crippen molar-refractivity contribution in [3.63, 3.8) is 0 Å². The molecule has 4 atom stereocenters. The zero-order chi connectivity index (χ0) is 22.3. The van der Waals surface area contributed by atoms with Crippen LogP contribution in [0.1, 0.15) is 19.0 Å². The minimum Gasteiger partial charge on any atom is -0.477 e. The number of ether oxygens (including phenoxy) is 1. The fourth-order valence-corrected chi connectivity index (χ4v) is 6.00. The molecule has 0 saturated carbocycles. The Balaban J connectivity index is 1.65. The highest BCUT2D eigenvalue weighted by atomic mass is 32.2. The van der Waals surface area contributed by atoms with Crippen molar-refractivity contribution in [3.05, 3.63) is 22.8 Å². The summed E-state index contributed by atoms with van der Waals surface area (Å²) < 4.78 is 6.01. The van der Waals surface area contributed by atoms with Crippen molar-refractivity contribution in [2.75, 3.05) is 25.2 Å². The number of carboxylic acids is 1. The minimum atomic E-state index is -1.31. The molecule has 31 heavy (non-hydrogen) atoms. The molecule has 4 rings (SSSR count).